The molecule has 0 aromatic rings. The summed E-state index contributed by atoms with van der Waals surface area (Å²) in [7, 11) is -4.32. The van der Waals surface area contributed by atoms with Gasteiger partial charge in [0.25, 0.3) is 0 Å². The second-order valence-electron chi connectivity index (χ2n) is 4.06. The van der Waals surface area contributed by atoms with Crippen LogP contribution in [0.15, 0.2) is 0 Å². The standard InChI is InChI=1S/C11H23O6P/c1-2-3-8-11(12)16-9-6-4-5-7-10-17-18(13,14)15/h2-10H2,1H3,(H2,13,14,15). The van der Waals surface area contributed by atoms with E-state index in [0.717, 1.165) is 32.1 Å². The first-order valence-electron chi connectivity index (χ1n) is 6.31. The minimum Gasteiger partial charge on any atom is -0.466 e. The lowest BCUT2D eigenvalue weighted by Crippen LogP contribution is -2.05. The first-order valence-corrected chi connectivity index (χ1v) is 7.84. The van der Waals surface area contributed by atoms with Crippen molar-refractivity contribution >= 4 is 13.8 Å². The lowest BCUT2D eigenvalue weighted by molar-refractivity contribution is -0.143. The molecule has 18 heavy (non-hydrogen) atoms. The van der Waals surface area contributed by atoms with Gasteiger partial charge in [0.05, 0.1) is 13.2 Å². The molecule has 0 saturated heterocycles. The van der Waals surface area contributed by atoms with Gasteiger partial charge in [0.1, 0.15) is 0 Å². The van der Waals surface area contributed by atoms with Gasteiger partial charge in [0, 0.05) is 6.42 Å². The normalized spacial score (nSPS) is 11.5. The number of carbonyl (C=O) groups is 1. The van der Waals surface area contributed by atoms with E-state index < -0.39 is 7.82 Å². The molecule has 0 unspecified atom stereocenters. The quantitative estimate of drug-likeness (QED) is 0.343. The highest BCUT2D eigenvalue weighted by molar-refractivity contribution is 7.46. The van der Waals surface area contributed by atoms with Crippen LogP contribution >= 0.6 is 7.82 Å². The third-order valence-electron chi connectivity index (χ3n) is 2.30. The Bertz CT molecular complexity index is 262. The molecule has 0 rings (SSSR count). The number of hydrogen-bond acceptors (Lipinski definition) is 4. The summed E-state index contributed by atoms with van der Waals surface area (Å²) in [6.45, 7) is 2.50. The first-order chi connectivity index (χ1) is 8.45. The largest absolute Gasteiger partial charge is 0.469 e. The van der Waals surface area contributed by atoms with Crippen LogP contribution in [0.5, 0.6) is 0 Å². The highest BCUT2D eigenvalue weighted by Crippen LogP contribution is 2.35. The number of carbonyl (C=O) groups excluding carboxylic acids is 1. The zero-order valence-corrected chi connectivity index (χ0v) is 11.7. The van der Waals surface area contributed by atoms with Crippen molar-refractivity contribution in [2.45, 2.75) is 51.9 Å². The molecule has 0 aromatic heterocycles. The third kappa shape index (κ3) is 13.6. The summed E-state index contributed by atoms with van der Waals surface area (Å²) in [6.07, 6.45) is 5.33. The van der Waals surface area contributed by atoms with Gasteiger partial charge in [-0.05, 0) is 25.7 Å². The van der Waals surface area contributed by atoms with Crippen LogP contribution in [-0.2, 0) is 18.6 Å². The molecule has 0 fully saturated rings. The molecule has 0 aromatic carbocycles. The molecule has 6 nitrogen and oxygen atoms in total. The number of ether oxygens (including phenoxy) is 1. The third-order valence-corrected chi connectivity index (χ3v) is 2.81. The zero-order valence-electron chi connectivity index (χ0n) is 10.8. The number of esters is 1. The minimum absolute atomic E-state index is 0.0561. The average molecular weight is 282 g/mol. The Morgan fingerprint density at radius 3 is 2.22 bits per heavy atom. The van der Waals surface area contributed by atoms with Crippen molar-refractivity contribution in [1.82, 2.24) is 0 Å². The second kappa shape index (κ2) is 10.5. The highest BCUT2D eigenvalue weighted by atomic mass is 31.2. The van der Waals surface area contributed by atoms with Crippen LogP contribution in [0, 0.1) is 0 Å². The van der Waals surface area contributed by atoms with E-state index in [1.807, 2.05) is 6.92 Å². The van der Waals surface area contributed by atoms with E-state index in [9.17, 15) is 9.36 Å². The van der Waals surface area contributed by atoms with Gasteiger partial charge in [-0.3, -0.25) is 9.32 Å². The second-order valence-corrected chi connectivity index (χ2v) is 5.30. The molecule has 2 N–H and O–H groups in total. The van der Waals surface area contributed by atoms with Crippen LogP contribution in [0.2, 0.25) is 0 Å². The SMILES string of the molecule is CCCCC(=O)OCCCCCCOP(=O)(O)O. The smallest absolute Gasteiger partial charge is 0.466 e. The summed E-state index contributed by atoms with van der Waals surface area (Å²) in [4.78, 5) is 28.0. The Hall–Kier alpha value is -0.420. The van der Waals surface area contributed by atoms with E-state index >= 15 is 0 Å². The Morgan fingerprint density at radius 2 is 1.67 bits per heavy atom. The maximum absolute atomic E-state index is 11.1. The molecule has 0 spiro atoms. The monoisotopic (exact) mass is 282 g/mol. The van der Waals surface area contributed by atoms with Gasteiger partial charge in [-0.1, -0.05) is 19.8 Å². The Labute approximate surface area is 108 Å². The number of unbranched alkanes of at least 4 members (excludes halogenated alkanes) is 4. The number of hydrogen-bond donors (Lipinski definition) is 2. The lowest BCUT2D eigenvalue weighted by Gasteiger charge is -2.05. The van der Waals surface area contributed by atoms with Crippen molar-refractivity contribution < 1.29 is 28.4 Å². The zero-order chi connectivity index (χ0) is 13.9. The van der Waals surface area contributed by atoms with Gasteiger partial charge >= 0.3 is 13.8 Å². The molecule has 7 heteroatoms. The summed E-state index contributed by atoms with van der Waals surface area (Å²) in [5.41, 5.74) is 0. The molecule has 0 aliphatic heterocycles. The van der Waals surface area contributed by atoms with Crippen LogP contribution in [0.3, 0.4) is 0 Å². The van der Waals surface area contributed by atoms with E-state index in [-0.39, 0.29) is 12.6 Å². The van der Waals surface area contributed by atoms with Gasteiger partial charge in [-0.2, -0.15) is 0 Å². The van der Waals surface area contributed by atoms with Gasteiger partial charge in [0.2, 0.25) is 0 Å². The fraction of sp³-hybridized carbons (Fsp3) is 0.909. The van der Waals surface area contributed by atoms with Gasteiger partial charge in [-0.15, -0.1) is 0 Å². The number of phosphoric ester groups is 1. The molecule has 0 bridgehead atoms. The van der Waals surface area contributed by atoms with Gasteiger partial charge < -0.3 is 14.5 Å². The fourth-order valence-electron chi connectivity index (χ4n) is 1.32. The summed E-state index contributed by atoms with van der Waals surface area (Å²) < 4.78 is 19.7. The van der Waals surface area contributed by atoms with Crippen LogP contribution in [-0.4, -0.2) is 29.0 Å². The maximum Gasteiger partial charge on any atom is 0.469 e. The first kappa shape index (κ1) is 17.6. The predicted molar refractivity (Wildman–Crippen MR) is 66.9 cm³/mol. The van der Waals surface area contributed by atoms with Crippen molar-refractivity contribution in [3.8, 4) is 0 Å². The van der Waals surface area contributed by atoms with Crippen molar-refractivity contribution in [2.24, 2.45) is 0 Å². The molecular formula is C11H23O6P. The molecule has 0 aliphatic rings. The topological polar surface area (TPSA) is 93.1 Å². The molecule has 0 saturated carbocycles. The highest BCUT2D eigenvalue weighted by Gasteiger charge is 2.12. The summed E-state index contributed by atoms with van der Waals surface area (Å²) in [5.74, 6) is -0.151. The molecule has 0 atom stereocenters. The number of phosphoric acid groups is 1. The summed E-state index contributed by atoms with van der Waals surface area (Å²) in [6, 6.07) is 0. The van der Waals surface area contributed by atoms with Crippen molar-refractivity contribution in [3.63, 3.8) is 0 Å². The van der Waals surface area contributed by atoms with E-state index in [2.05, 4.69) is 4.52 Å². The van der Waals surface area contributed by atoms with E-state index in [1.54, 1.807) is 0 Å². The molecule has 0 radical (unpaired) electrons. The molecule has 0 heterocycles. The Balaban J connectivity index is 3.21. The van der Waals surface area contributed by atoms with E-state index in [4.69, 9.17) is 14.5 Å². The van der Waals surface area contributed by atoms with Crippen molar-refractivity contribution in [1.29, 1.82) is 0 Å². The average Bonchev–Trinajstić information content (AvgIpc) is 2.28. The molecule has 0 aliphatic carbocycles. The summed E-state index contributed by atoms with van der Waals surface area (Å²) in [5, 5.41) is 0. The van der Waals surface area contributed by atoms with Crippen molar-refractivity contribution in [2.75, 3.05) is 13.2 Å². The Morgan fingerprint density at radius 1 is 1.06 bits per heavy atom. The van der Waals surface area contributed by atoms with Crippen LogP contribution in [0.25, 0.3) is 0 Å². The number of rotatable bonds is 11. The van der Waals surface area contributed by atoms with Crippen LogP contribution in [0.1, 0.15) is 51.9 Å². The predicted octanol–water partition coefficient (Wildman–Crippen LogP) is 2.39. The van der Waals surface area contributed by atoms with Crippen molar-refractivity contribution in [3.05, 3.63) is 0 Å². The van der Waals surface area contributed by atoms with Crippen LogP contribution in [0.4, 0.5) is 0 Å². The summed E-state index contributed by atoms with van der Waals surface area (Å²) >= 11 is 0. The van der Waals surface area contributed by atoms with E-state index in [1.165, 1.54) is 0 Å². The van der Waals surface area contributed by atoms with E-state index in [0.29, 0.717) is 19.4 Å². The van der Waals surface area contributed by atoms with Crippen LogP contribution < -0.4 is 0 Å². The fourth-order valence-corrected chi connectivity index (χ4v) is 1.69. The molecule has 108 valence electrons. The maximum atomic E-state index is 11.1. The molecular weight excluding hydrogens is 259 g/mol. The lowest BCUT2D eigenvalue weighted by atomic mass is 10.2. The minimum atomic E-state index is -4.32. The Kier molecular flexibility index (Phi) is 10.3. The molecule has 0 amide bonds. The van der Waals surface area contributed by atoms with Gasteiger partial charge in [0.15, 0.2) is 0 Å². The van der Waals surface area contributed by atoms with Gasteiger partial charge in [-0.25, -0.2) is 4.57 Å².